The van der Waals surface area contributed by atoms with Crippen molar-refractivity contribution in [3.05, 3.63) is 0 Å². The average molecular weight is 171 g/mol. The van der Waals surface area contributed by atoms with Gasteiger partial charge in [0, 0.05) is 0 Å². The van der Waals surface area contributed by atoms with E-state index in [2.05, 4.69) is 4.65 Å². The first kappa shape index (κ1) is 11.5. The molecule has 0 spiro atoms. The van der Waals surface area contributed by atoms with Gasteiger partial charge in [-0.3, -0.25) is 4.79 Å². The van der Waals surface area contributed by atoms with Gasteiger partial charge in [-0.2, -0.15) is 0 Å². The average Bonchev–Trinajstić information content (AvgIpc) is 1.84. The Balaban J connectivity index is 4.62. The van der Waals surface area contributed by atoms with Crippen molar-refractivity contribution >= 4 is 14.0 Å². The minimum atomic E-state index is -1.32. The van der Waals surface area contributed by atoms with Crippen LogP contribution in [0.15, 0.2) is 0 Å². The summed E-state index contributed by atoms with van der Waals surface area (Å²) < 4.78 is 4.42. The SMILES string of the molecule is [B]OC(C)(N)[C@H](C(=O)O)C(C)C. The molecule has 0 aromatic rings. The molecule has 0 aliphatic carbocycles. The molecule has 0 fully saturated rings. The van der Waals surface area contributed by atoms with Crippen LogP contribution in [0.5, 0.6) is 0 Å². The van der Waals surface area contributed by atoms with Crippen LogP contribution in [-0.2, 0) is 9.45 Å². The molecule has 12 heavy (non-hydrogen) atoms. The Hall–Kier alpha value is -0.545. The highest BCUT2D eigenvalue weighted by molar-refractivity contribution is 5.98. The molecule has 0 rings (SSSR count). The van der Waals surface area contributed by atoms with Crippen LogP contribution in [-0.4, -0.2) is 24.8 Å². The van der Waals surface area contributed by atoms with Gasteiger partial charge in [0.2, 0.25) is 0 Å². The van der Waals surface area contributed by atoms with E-state index in [0.29, 0.717) is 0 Å². The van der Waals surface area contributed by atoms with Crippen LogP contribution in [0.3, 0.4) is 0 Å². The maximum atomic E-state index is 10.7. The van der Waals surface area contributed by atoms with Crippen LogP contribution in [0, 0.1) is 11.8 Å². The van der Waals surface area contributed by atoms with Gasteiger partial charge >= 0.3 is 5.97 Å². The van der Waals surface area contributed by atoms with Gasteiger partial charge in [0.05, 0.1) is 5.92 Å². The summed E-state index contributed by atoms with van der Waals surface area (Å²) in [5, 5.41) is 8.79. The highest BCUT2D eigenvalue weighted by Gasteiger charge is 2.37. The van der Waals surface area contributed by atoms with E-state index in [-0.39, 0.29) is 5.92 Å². The van der Waals surface area contributed by atoms with E-state index in [1.165, 1.54) is 6.92 Å². The Morgan fingerprint density at radius 3 is 2.17 bits per heavy atom. The lowest BCUT2D eigenvalue weighted by Crippen LogP contribution is -2.51. The lowest BCUT2D eigenvalue weighted by Gasteiger charge is -2.32. The number of hydrogen-bond acceptors (Lipinski definition) is 3. The van der Waals surface area contributed by atoms with Gasteiger partial charge < -0.3 is 15.5 Å². The number of nitrogens with two attached hydrogens (primary N) is 1. The maximum absolute atomic E-state index is 10.7. The van der Waals surface area contributed by atoms with Crippen molar-refractivity contribution in [1.82, 2.24) is 0 Å². The third kappa shape index (κ3) is 2.50. The third-order valence-electron chi connectivity index (χ3n) is 1.80. The third-order valence-corrected chi connectivity index (χ3v) is 1.80. The van der Waals surface area contributed by atoms with E-state index in [1.807, 2.05) is 0 Å². The Kier molecular flexibility index (Phi) is 3.74. The van der Waals surface area contributed by atoms with Crippen molar-refractivity contribution in [2.24, 2.45) is 17.6 Å². The fraction of sp³-hybridized carbons (Fsp3) is 0.857. The monoisotopic (exact) mass is 171 g/mol. The molecule has 0 aromatic carbocycles. The predicted molar refractivity (Wildman–Crippen MR) is 45.4 cm³/mol. The van der Waals surface area contributed by atoms with Crippen molar-refractivity contribution in [2.75, 3.05) is 0 Å². The summed E-state index contributed by atoms with van der Waals surface area (Å²) >= 11 is 0. The second-order valence-electron chi connectivity index (χ2n) is 3.36. The van der Waals surface area contributed by atoms with Crippen molar-refractivity contribution < 1.29 is 14.6 Å². The van der Waals surface area contributed by atoms with E-state index in [4.69, 9.17) is 18.9 Å². The van der Waals surface area contributed by atoms with Gasteiger partial charge in [-0.05, 0) is 12.8 Å². The molecule has 0 bridgehead atoms. The van der Waals surface area contributed by atoms with Gasteiger partial charge in [0.1, 0.15) is 5.72 Å². The Bertz CT molecular complexity index is 170. The highest BCUT2D eigenvalue weighted by Crippen LogP contribution is 2.23. The molecule has 0 aliphatic rings. The molecule has 0 aliphatic heterocycles. The highest BCUT2D eigenvalue weighted by atomic mass is 16.5. The molecule has 3 N–H and O–H groups in total. The Morgan fingerprint density at radius 1 is 1.67 bits per heavy atom. The number of aliphatic carboxylic acids is 1. The molecule has 0 amide bonds. The first-order valence-corrected chi connectivity index (χ1v) is 3.72. The minimum absolute atomic E-state index is 0.124. The Morgan fingerprint density at radius 2 is 2.08 bits per heavy atom. The quantitative estimate of drug-likeness (QED) is 0.465. The topological polar surface area (TPSA) is 72.5 Å². The number of hydrogen-bond donors (Lipinski definition) is 2. The summed E-state index contributed by atoms with van der Waals surface area (Å²) in [4.78, 5) is 10.7. The summed E-state index contributed by atoms with van der Waals surface area (Å²) in [7, 11) is 4.89. The molecule has 0 saturated heterocycles. The fourth-order valence-electron chi connectivity index (χ4n) is 1.27. The van der Waals surface area contributed by atoms with Gasteiger partial charge in [0.15, 0.2) is 0 Å². The van der Waals surface area contributed by atoms with E-state index >= 15 is 0 Å². The predicted octanol–water partition coefficient (Wildman–Crippen LogP) is 0.118. The van der Waals surface area contributed by atoms with Crippen LogP contribution in [0.25, 0.3) is 0 Å². The normalized spacial score (nSPS) is 18.8. The Labute approximate surface area is 73.5 Å². The molecule has 0 saturated carbocycles. The lowest BCUT2D eigenvalue weighted by molar-refractivity contribution is -0.151. The van der Waals surface area contributed by atoms with Crippen molar-refractivity contribution in [2.45, 2.75) is 26.5 Å². The summed E-state index contributed by atoms with van der Waals surface area (Å²) in [6, 6.07) is 0. The van der Waals surface area contributed by atoms with Crippen molar-refractivity contribution in [3.63, 3.8) is 0 Å². The van der Waals surface area contributed by atoms with Gasteiger partial charge in [-0.1, -0.05) is 13.8 Å². The number of carbonyl (C=O) groups is 1. The molecule has 0 aromatic heterocycles. The zero-order valence-corrected chi connectivity index (χ0v) is 7.57. The molecule has 5 heteroatoms. The van der Waals surface area contributed by atoms with Crippen LogP contribution in [0.1, 0.15) is 20.8 Å². The standard InChI is InChI=1S/C7H14BNO3/c1-4(2)5(6(10)11)7(3,9)12-8/h4-5H,9H2,1-3H3,(H,10,11)/t5-,7?/m0/s1. The van der Waals surface area contributed by atoms with Crippen molar-refractivity contribution in [1.29, 1.82) is 0 Å². The fourth-order valence-corrected chi connectivity index (χ4v) is 1.27. The minimum Gasteiger partial charge on any atom is -0.481 e. The molecular formula is C7H14BNO3. The van der Waals surface area contributed by atoms with Crippen LogP contribution in [0.2, 0.25) is 0 Å². The van der Waals surface area contributed by atoms with E-state index in [9.17, 15) is 4.79 Å². The van der Waals surface area contributed by atoms with Crippen LogP contribution >= 0.6 is 0 Å². The van der Waals surface area contributed by atoms with E-state index in [1.54, 1.807) is 13.8 Å². The molecular weight excluding hydrogens is 157 g/mol. The van der Waals surface area contributed by atoms with Crippen LogP contribution < -0.4 is 5.73 Å². The molecule has 1 unspecified atom stereocenters. The van der Waals surface area contributed by atoms with E-state index in [0.717, 1.165) is 0 Å². The summed E-state index contributed by atoms with van der Waals surface area (Å²) in [6.07, 6.45) is 0. The zero-order chi connectivity index (χ0) is 9.94. The number of carboxylic acids is 1. The summed E-state index contributed by atoms with van der Waals surface area (Å²) in [5.74, 6) is -1.93. The smallest absolute Gasteiger partial charge is 0.311 e. The second kappa shape index (κ2) is 3.91. The van der Waals surface area contributed by atoms with Gasteiger partial charge in [0.25, 0.3) is 8.05 Å². The molecule has 0 heterocycles. The van der Waals surface area contributed by atoms with Gasteiger partial charge in [-0.25, -0.2) is 0 Å². The van der Waals surface area contributed by atoms with E-state index < -0.39 is 17.6 Å². The number of carboxylic acid groups (broad SMARTS) is 1. The van der Waals surface area contributed by atoms with Crippen molar-refractivity contribution in [3.8, 4) is 0 Å². The number of rotatable bonds is 4. The van der Waals surface area contributed by atoms with Gasteiger partial charge in [-0.15, -0.1) is 0 Å². The summed E-state index contributed by atoms with van der Waals surface area (Å²) in [6.45, 7) is 4.96. The summed E-state index contributed by atoms with van der Waals surface area (Å²) in [5.41, 5.74) is 4.21. The molecule has 2 atom stereocenters. The lowest BCUT2D eigenvalue weighted by atomic mass is 9.86. The molecule has 4 nitrogen and oxygen atoms in total. The largest absolute Gasteiger partial charge is 0.481 e. The zero-order valence-electron chi connectivity index (χ0n) is 7.57. The second-order valence-corrected chi connectivity index (χ2v) is 3.36. The first-order valence-electron chi connectivity index (χ1n) is 3.72. The maximum Gasteiger partial charge on any atom is 0.311 e. The molecule has 68 valence electrons. The first-order chi connectivity index (χ1) is 5.33. The molecule has 2 radical (unpaired) electrons. The van der Waals surface area contributed by atoms with Crippen LogP contribution in [0.4, 0.5) is 0 Å².